The van der Waals surface area contributed by atoms with Crippen LogP contribution in [0.3, 0.4) is 0 Å². The number of amides is 1. The lowest BCUT2D eigenvalue weighted by atomic mass is 10.3. The van der Waals surface area contributed by atoms with Crippen LogP contribution in [0.5, 0.6) is 0 Å². The van der Waals surface area contributed by atoms with Gasteiger partial charge >= 0.3 is 0 Å². The highest BCUT2D eigenvalue weighted by Crippen LogP contribution is 2.11. The van der Waals surface area contributed by atoms with Crippen molar-refractivity contribution < 1.29 is 9.53 Å². The Morgan fingerprint density at radius 3 is 3.10 bits per heavy atom. The third-order valence-electron chi connectivity index (χ3n) is 1.35. The number of carbonyl (C=O) groups is 1. The molecule has 1 N–H and O–H groups in total. The van der Waals surface area contributed by atoms with Crippen molar-refractivity contribution in [2.24, 2.45) is 0 Å². The van der Waals surface area contributed by atoms with Crippen molar-refractivity contribution >= 4 is 5.91 Å². The summed E-state index contributed by atoms with van der Waals surface area (Å²) in [6.07, 6.45) is 2.58. The van der Waals surface area contributed by atoms with E-state index < -0.39 is 0 Å². The molecule has 0 radical (unpaired) electrons. The van der Waals surface area contributed by atoms with E-state index in [9.17, 15) is 4.79 Å². The molecule has 0 aromatic heterocycles. The van der Waals surface area contributed by atoms with Crippen molar-refractivity contribution in [3.05, 3.63) is 12.7 Å². The molecule has 0 aliphatic carbocycles. The maximum Gasteiger partial charge on any atom is 0.243 e. The minimum Gasteiger partial charge on any atom is -0.373 e. The van der Waals surface area contributed by atoms with Gasteiger partial charge in [0, 0.05) is 6.54 Å². The van der Waals surface area contributed by atoms with Crippen molar-refractivity contribution in [3.8, 4) is 0 Å². The van der Waals surface area contributed by atoms with Gasteiger partial charge in [0.25, 0.3) is 0 Å². The van der Waals surface area contributed by atoms with Gasteiger partial charge in [0.1, 0.15) is 0 Å². The highest BCUT2D eigenvalue weighted by molar-refractivity contribution is 5.86. The Morgan fingerprint density at radius 1 is 1.90 bits per heavy atom. The predicted octanol–water partition coefficient (Wildman–Crippen LogP) is 0.0775. The Morgan fingerprint density at radius 2 is 2.60 bits per heavy atom. The summed E-state index contributed by atoms with van der Waals surface area (Å²) in [5.74, 6) is -0.111. The van der Waals surface area contributed by atoms with E-state index >= 15 is 0 Å². The first-order chi connectivity index (χ1) is 4.83. The lowest BCUT2D eigenvalue weighted by Gasteiger charge is -1.97. The summed E-state index contributed by atoms with van der Waals surface area (Å²) in [5.41, 5.74) is 0. The molecule has 0 saturated carbocycles. The topological polar surface area (TPSA) is 41.6 Å². The summed E-state index contributed by atoms with van der Waals surface area (Å²) in [7, 11) is 0. The predicted molar refractivity (Wildman–Crippen MR) is 37.6 cm³/mol. The van der Waals surface area contributed by atoms with Gasteiger partial charge in [0.15, 0.2) is 0 Å². The molecule has 1 fully saturated rings. The minimum atomic E-state index is -0.111. The molecule has 1 unspecified atom stereocenters. The third-order valence-corrected chi connectivity index (χ3v) is 1.35. The van der Waals surface area contributed by atoms with Crippen LogP contribution < -0.4 is 5.32 Å². The van der Waals surface area contributed by atoms with Crippen molar-refractivity contribution in [3.63, 3.8) is 0 Å². The van der Waals surface area contributed by atoms with Crippen molar-refractivity contribution in [2.75, 3.05) is 13.2 Å². The molecule has 1 heterocycles. The number of hydrogen-bond donors (Lipinski definition) is 1. The highest BCUT2D eigenvalue weighted by atomic mass is 16.6. The fourth-order valence-electron chi connectivity index (χ4n) is 0.663. The number of nitrogens with one attached hydrogen (secondary N) is 1. The van der Waals surface area contributed by atoms with E-state index in [1.807, 2.05) is 0 Å². The van der Waals surface area contributed by atoms with Crippen LogP contribution in [0.2, 0.25) is 0 Å². The van der Waals surface area contributed by atoms with Crippen LogP contribution in [0, 0.1) is 0 Å². The zero-order valence-electron chi connectivity index (χ0n) is 5.80. The van der Waals surface area contributed by atoms with E-state index in [2.05, 4.69) is 11.9 Å². The van der Waals surface area contributed by atoms with E-state index in [0.717, 1.165) is 13.0 Å². The molecule has 0 aromatic rings. The number of epoxide rings is 1. The van der Waals surface area contributed by atoms with Crippen LogP contribution in [0.15, 0.2) is 12.7 Å². The average Bonchev–Trinajstić information content (AvgIpc) is 2.71. The van der Waals surface area contributed by atoms with Crippen molar-refractivity contribution in [2.45, 2.75) is 12.5 Å². The van der Waals surface area contributed by atoms with Gasteiger partial charge in [0.2, 0.25) is 5.91 Å². The summed E-state index contributed by atoms with van der Waals surface area (Å²) in [6.45, 7) is 4.87. The monoisotopic (exact) mass is 141 g/mol. The Kier molecular flexibility index (Phi) is 2.45. The molecule has 3 nitrogen and oxygen atoms in total. The normalized spacial score (nSPS) is 21.8. The molecule has 3 heteroatoms. The molecule has 1 aliphatic heterocycles. The van der Waals surface area contributed by atoms with Gasteiger partial charge in [-0.25, -0.2) is 0 Å². The number of carbonyl (C=O) groups excluding carboxylic acids is 1. The highest BCUT2D eigenvalue weighted by Gasteiger charge is 2.21. The van der Waals surface area contributed by atoms with Gasteiger partial charge in [-0.15, -0.1) is 0 Å². The first kappa shape index (κ1) is 7.28. The first-order valence-corrected chi connectivity index (χ1v) is 3.35. The Hall–Kier alpha value is -0.830. The zero-order chi connectivity index (χ0) is 7.40. The van der Waals surface area contributed by atoms with Crippen LogP contribution in [0.4, 0.5) is 0 Å². The summed E-state index contributed by atoms with van der Waals surface area (Å²) in [5, 5.41) is 2.67. The molecule has 0 spiro atoms. The van der Waals surface area contributed by atoms with Gasteiger partial charge in [-0.05, 0) is 12.5 Å². The van der Waals surface area contributed by atoms with Gasteiger partial charge < -0.3 is 10.1 Å². The molecule has 1 rings (SSSR count). The van der Waals surface area contributed by atoms with Crippen molar-refractivity contribution in [1.82, 2.24) is 5.32 Å². The first-order valence-electron chi connectivity index (χ1n) is 3.35. The zero-order valence-corrected chi connectivity index (χ0v) is 5.80. The van der Waals surface area contributed by atoms with E-state index in [4.69, 9.17) is 4.74 Å². The van der Waals surface area contributed by atoms with E-state index in [1.165, 1.54) is 6.08 Å². The van der Waals surface area contributed by atoms with Gasteiger partial charge in [-0.3, -0.25) is 4.79 Å². The second-order valence-corrected chi connectivity index (χ2v) is 2.24. The minimum absolute atomic E-state index is 0.111. The van der Waals surface area contributed by atoms with Gasteiger partial charge in [-0.1, -0.05) is 6.58 Å². The quantitative estimate of drug-likeness (QED) is 0.445. The van der Waals surface area contributed by atoms with Crippen molar-refractivity contribution in [1.29, 1.82) is 0 Å². The fraction of sp³-hybridized carbons (Fsp3) is 0.571. The second kappa shape index (κ2) is 3.37. The number of rotatable bonds is 4. The summed E-state index contributed by atoms with van der Waals surface area (Å²) < 4.78 is 4.95. The largest absolute Gasteiger partial charge is 0.373 e. The van der Waals surface area contributed by atoms with Crippen LogP contribution in [-0.4, -0.2) is 25.2 Å². The molecule has 0 bridgehead atoms. The lowest BCUT2D eigenvalue weighted by molar-refractivity contribution is -0.116. The SMILES string of the molecule is C=CC(=O)NCCC1CO1. The molecule has 1 saturated heterocycles. The maximum absolute atomic E-state index is 10.5. The summed E-state index contributed by atoms with van der Waals surface area (Å²) in [6, 6.07) is 0. The van der Waals surface area contributed by atoms with Gasteiger partial charge in [0.05, 0.1) is 12.7 Å². The Balaban J connectivity index is 1.93. The maximum atomic E-state index is 10.5. The molecule has 10 heavy (non-hydrogen) atoms. The van der Waals surface area contributed by atoms with Crippen LogP contribution >= 0.6 is 0 Å². The van der Waals surface area contributed by atoms with E-state index in [1.54, 1.807) is 0 Å². The smallest absolute Gasteiger partial charge is 0.243 e. The second-order valence-electron chi connectivity index (χ2n) is 2.24. The Labute approximate surface area is 60.1 Å². The molecule has 1 amide bonds. The average molecular weight is 141 g/mol. The van der Waals surface area contributed by atoms with E-state index in [-0.39, 0.29) is 5.91 Å². The Bertz CT molecular complexity index is 141. The van der Waals surface area contributed by atoms with E-state index in [0.29, 0.717) is 12.6 Å². The number of hydrogen-bond acceptors (Lipinski definition) is 2. The lowest BCUT2D eigenvalue weighted by Crippen LogP contribution is -2.22. The van der Waals surface area contributed by atoms with Gasteiger partial charge in [-0.2, -0.15) is 0 Å². The molecule has 1 aliphatic rings. The standard InChI is InChI=1S/C7H11NO2/c1-2-7(9)8-4-3-6-5-10-6/h2,6H,1,3-5H2,(H,8,9). The fourth-order valence-corrected chi connectivity index (χ4v) is 0.663. The molecular weight excluding hydrogens is 130 g/mol. The molecule has 0 aromatic carbocycles. The third kappa shape index (κ3) is 2.64. The van der Waals surface area contributed by atoms with Crippen LogP contribution in [0.25, 0.3) is 0 Å². The molecular formula is C7H11NO2. The van der Waals surface area contributed by atoms with Crippen LogP contribution in [-0.2, 0) is 9.53 Å². The number of ether oxygens (including phenoxy) is 1. The summed E-state index contributed by atoms with van der Waals surface area (Å²) in [4.78, 5) is 10.5. The molecule has 56 valence electrons. The summed E-state index contributed by atoms with van der Waals surface area (Å²) >= 11 is 0. The van der Waals surface area contributed by atoms with Crippen LogP contribution in [0.1, 0.15) is 6.42 Å². The molecule has 1 atom stereocenters.